The van der Waals surface area contributed by atoms with E-state index in [1.165, 1.54) is 4.90 Å². The zero-order chi connectivity index (χ0) is 18.8. The lowest BCUT2D eigenvalue weighted by Crippen LogP contribution is -2.47. The molecule has 2 amide bonds. The number of rotatable bonds is 5. The van der Waals surface area contributed by atoms with Gasteiger partial charge in [-0.05, 0) is 46.8 Å². The van der Waals surface area contributed by atoms with Crippen LogP contribution in [0.5, 0.6) is 11.5 Å². The molecule has 0 unspecified atom stereocenters. The van der Waals surface area contributed by atoms with Crippen molar-refractivity contribution in [1.82, 2.24) is 10.2 Å². The zero-order valence-electron chi connectivity index (χ0n) is 15.9. The van der Waals surface area contributed by atoms with Crippen molar-refractivity contribution in [2.24, 2.45) is 0 Å². The first kappa shape index (κ1) is 19.1. The first-order valence-electron chi connectivity index (χ1n) is 8.62. The number of carbonyl (C=O) groups excluding carboxylic acids is 2. The van der Waals surface area contributed by atoms with Gasteiger partial charge in [0, 0.05) is 29.6 Å². The summed E-state index contributed by atoms with van der Waals surface area (Å²) >= 11 is 0. The average Bonchev–Trinajstić information content (AvgIpc) is 2.89. The summed E-state index contributed by atoms with van der Waals surface area (Å²) in [6.07, 6.45) is 0.804. The van der Waals surface area contributed by atoms with E-state index in [-0.39, 0.29) is 30.0 Å². The van der Waals surface area contributed by atoms with Gasteiger partial charge >= 0.3 is 0 Å². The fraction of sp³-hybridized carbons (Fsp3) is 0.579. The third-order valence-corrected chi connectivity index (χ3v) is 3.94. The lowest BCUT2D eigenvalue weighted by Gasteiger charge is -2.25. The molecule has 1 aromatic rings. The molecule has 0 radical (unpaired) electrons. The first-order chi connectivity index (χ1) is 11.6. The predicted octanol–water partition coefficient (Wildman–Crippen LogP) is 2.40. The summed E-state index contributed by atoms with van der Waals surface area (Å²) in [6, 6.07) is 3.53. The molecular weight excluding hydrogens is 320 g/mol. The highest BCUT2D eigenvalue weighted by atomic mass is 16.5. The molecule has 0 bridgehead atoms. The normalized spacial score (nSPS) is 16.0. The molecule has 0 saturated carbocycles. The van der Waals surface area contributed by atoms with Crippen LogP contribution in [-0.4, -0.2) is 48.6 Å². The topological polar surface area (TPSA) is 67.9 Å². The fourth-order valence-corrected chi connectivity index (χ4v) is 2.91. The molecule has 1 heterocycles. The highest BCUT2D eigenvalue weighted by Gasteiger charge is 2.27. The van der Waals surface area contributed by atoms with Gasteiger partial charge in [0.05, 0.1) is 13.7 Å². The Bertz CT molecular complexity index is 664. The first-order valence-corrected chi connectivity index (χ1v) is 8.62. The van der Waals surface area contributed by atoms with Crippen LogP contribution in [0.15, 0.2) is 12.1 Å². The van der Waals surface area contributed by atoms with E-state index in [1.54, 1.807) is 13.2 Å². The molecule has 6 nitrogen and oxygen atoms in total. The molecule has 6 heteroatoms. The van der Waals surface area contributed by atoms with Gasteiger partial charge in [-0.3, -0.25) is 9.59 Å². The maximum atomic E-state index is 12.9. The highest BCUT2D eigenvalue weighted by Crippen LogP contribution is 2.39. The molecule has 1 aromatic carbocycles. The van der Waals surface area contributed by atoms with Gasteiger partial charge < -0.3 is 19.7 Å². The molecule has 0 fully saturated rings. The van der Waals surface area contributed by atoms with Crippen LogP contribution in [-0.2, 0) is 11.2 Å². The van der Waals surface area contributed by atoms with Gasteiger partial charge in [-0.1, -0.05) is 0 Å². The molecular formula is C19H28N2O4. The highest BCUT2D eigenvalue weighted by molar-refractivity contribution is 5.97. The number of nitrogens with one attached hydrogen (secondary N) is 1. The standard InChI is InChI=1S/C19H28N2O4/c1-7-21(11-16(22)20-19(3,4)5)18(23)14-9-13-8-12(2)25-17(13)15(10-14)24-6/h9-10,12H,7-8,11H2,1-6H3,(H,20,22)/t12-/m1/s1. The maximum absolute atomic E-state index is 12.9. The van der Waals surface area contributed by atoms with Crippen molar-refractivity contribution in [2.45, 2.75) is 52.7 Å². The summed E-state index contributed by atoms with van der Waals surface area (Å²) in [6.45, 7) is 10.1. The van der Waals surface area contributed by atoms with Crippen LogP contribution >= 0.6 is 0 Å². The molecule has 2 rings (SSSR count). The lowest BCUT2D eigenvalue weighted by atomic mass is 10.0. The van der Waals surface area contributed by atoms with Crippen molar-refractivity contribution >= 4 is 11.8 Å². The van der Waals surface area contributed by atoms with Crippen molar-refractivity contribution in [3.05, 3.63) is 23.3 Å². The Labute approximate surface area is 149 Å². The summed E-state index contributed by atoms with van der Waals surface area (Å²) in [4.78, 5) is 26.6. The molecule has 1 aliphatic heterocycles. The summed E-state index contributed by atoms with van der Waals surface area (Å²) in [7, 11) is 1.56. The number of hydrogen-bond acceptors (Lipinski definition) is 4. The predicted molar refractivity (Wildman–Crippen MR) is 96.3 cm³/mol. The van der Waals surface area contributed by atoms with Crippen molar-refractivity contribution in [2.75, 3.05) is 20.2 Å². The van der Waals surface area contributed by atoms with Crippen LogP contribution in [0.3, 0.4) is 0 Å². The number of fused-ring (bicyclic) bond motifs is 1. The van der Waals surface area contributed by atoms with Crippen LogP contribution in [0, 0.1) is 0 Å². The molecule has 1 atom stereocenters. The van der Waals surface area contributed by atoms with Gasteiger partial charge in [0.25, 0.3) is 5.91 Å². The summed E-state index contributed by atoms with van der Waals surface area (Å²) in [5.74, 6) is 0.903. The second kappa shape index (κ2) is 7.33. The number of methoxy groups -OCH3 is 1. The van der Waals surface area contributed by atoms with Gasteiger partial charge in [-0.15, -0.1) is 0 Å². The summed E-state index contributed by atoms with van der Waals surface area (Å²) in [5.41, 5.74) is 1.15. The molecule has 0 aliphatic carbocycles. The number of amides is 2. The van der Waals surface area contributed by atoms with Crippen LogP contribution in [0.1, 0.15) is 50.5 Å². The SMILES string of the molecule is CCN(CC(=O)NC(C)(C)C)C(=O)c1cc2c(c(OC)c1)O[C@H](C)C2. The van der Waals surface area contributed by atoms with E-state index >= 15 is 0 Å². The number of hydrogen-bond donors (Lipinski definition) is 1. The Balaban J connectivity index is 2.21. The zero-order valence-corrected chi connectivity index (χ0v) is 15.9. The van der Waals surface area contributed by atoms with E-state index < -0.39 is 0 Å². The van der Waals surface area contributed by atoms with E-state index in [2.05, 4.69) is 5.32 Å². The summed E-state index contributed by atoms with van der Waals surface area (Å²) < 4.78 is 11.1. The Hall–Kier alpha value is -2.24. The smallest absolute Gasteiger partial charge is 0.254 e. The van der Waals surface area contributed by atoms with E-state index in [0.29, 0.717) is 23.6 Å². The van der Waals surface area contributed by atoms with Crippen LogP contribution in [0.25, 0.3) is 0 Å². The Morgan fingerprint density at radius 3 is 2.60 bits per heavy atom. The Morgan fingerprint density at radius 2 is 2.04 bits per heavy atom. The molecule has 25 heavy (non-hydrogen) atoms. The van der Waals surface area contributed by atoms with Gasteiger partial charge in [0.15, 0.2) is 11.5 Å². The number of carbonyl (C=O) groups is 2. The second-order valence-corrected chi connectivity index (χ2v) is 7.42. The van der Waals surface area contributed by atoms with Gasteiger partial charge in [-0.2, -0.15) is 0 Å². The van der Waals surface area contributed by atoms with Crippen molar-refractivity contribution < 1.29 is 19.1 Å². The monoisotopic (exact) mass is 348 g/mol. The molecule has 0 spiro atoms. The molecule has 0 saturated heterocycles. The lowest BCUT2D eigenvalue weighted by molar-refractivity contribution is -0.123. The minimum absolute atomic E-state index is 0.0267. The van der Waals surface area contributed by atoms with Crippen LogP contribution in [0.4, 0.5) is 0 Å². The number of likely N-dealkylation sites (N-methyl/N-ethyl adjacent to an activating group) is 1. The molecule has 0 aromatic heterocycles. The minimum atomic E-state index is -0.330. The Kier molecular flexibility index (Phi) is 5.60. The maximum Gasteiger partial charge on any atom is 0.254 e. The van der Waals surface area contributed by atoms with E-state index in [9.17, 15) is 9.59 Å². The van der Waals surface area contributed by atoms with Crippen LogP contribution < -0.4 is 14.8 Å². The van der Waals surface area contributed by atoms with Crippen molar-refractivity contribution in [3.8, 4) is 11.5 Å². The van der Waals surface area contributed by atoms with Gasteiger partial charge in [0.2, 0.25) is 5.91 Å². The second-order valence-electron chi connectivity index (χ2n) is 7.42. The van der Waals surface area contributed by atoms with Crippen molar-refractivity contribution in [1.29, 1.82) is 0 Å². The third-order valence-electron chi connectivity index (χ3n) is 3.94. The molecule has 1 N–H and O–H groups in total. The van der Waals surface area contributed by atoms with Crippen LogP contribution in [0.2, 0.25) is 0 Å². The number of ether oxygens (including phenoxy) is 2. The van der Waals surface area contributed by atoms with Gasteiger partial charge in [0.1, 0.15) is 6.10 Å². The van der Waals surface area contributed by atoms with Gasteiger partial charge in [-0.25, -0.2) is 0 Å². The molecule has 138 valence electrons. The fourth-order valence-electron chi connectivity index (χ4n) is 2.91. The van der Waals surface area contributed by atoms with Crippen molar-refractivity contribution in [3.63, 3.8) is 0 Å². The van der Waals surface area contributed by atoms with E-state index in [1.807, 2.05) is 40.7 Å². The third kappa shape index (κ3) is 4.65. The summed E-state index contributed by atoms with van der Waals surface area (Å²) in [5, 5.41) is 2.88. The quantitative estimate of drug-likeness (QED) is 0.887. The van der Waals surface area contributed by atoms with E-state index in [4.69, 9.17) is 9.47 Å². The molecule has 1 aliphatic rings. The Morgan fingerprint density at radius 1 is 1.36 bits per heavy atom. The van der Waals surface area contributed by atoms with E-state index in [0.717, 1.165) is 12.0 Å². The average molecular weight is 348 g/mol. The largest absolute Gasteiger partial charge is 0.493 e. The number of nitrogens with zero attached hydrogens (tertiary/aromatic N) is 1. The number of benzene rings is 1. The minimum Gasteiger partial charge on any atom is -0.493 e.